The van der Waals surface area contributed by atoms with Crippen LogP contribution < -0.4 is 5.32 Å². The molecule has 2 saturated heterocycles. The molecule has 3 rings (SSSR count). The second-order valence-electron chi connectivity index (χ2n) is 8.06. The molecule has 1 saturated carbocycles. The number of rotatable bonds is 4. The van der Waals surface area contributed by atoms with E-state index in [1.54, 1.807) is 0 Å². The van der Waals surface area contributed by atoms with Crippen molar-refractivity contribution in [3.8, 4) is 0 Å². The fourth-order valence-corrected chi connectivity index (χ4v) is 5.23. The first kappa shape index (κ1) is 15.8. The van der Waals surface area contributed by atoms with Crippen LogP contribution in [0.15, 0.2) is 0 Å². The van der Waals surface area contributed by atoms with Crippen LogP contribution in [0.4, 0.5) is 0 Å². The van der Waals surface area contributed by atoms with Crippen molar-refractivity contribution >= 4 is 0 Å². The summed E-state index contributed by atoms with van der Waals surface area (Å²) in [6, 6.07) is 1.59. The topological polar surface area (TPSA) is 18.5 Å². The number of nitrogens with zero attached hydrogens (tertiary/aromatic N) is 2. The van der Waals surface area contributed by atoms with Crippen molar-refractivity contribution in [2.24, 2.45) is 17.8 Å². The Kier molecular flexibility index (Phi) is 5.23. The molecule has 0 spiro atoms. The van der Waals surface area contributed by atoms with Crippen molar-refractivity contribution in [3.63, 3.8) is 0 Å². The predicted molar refractivity (Wildman–Crippen MR) is 89.6 cm³/mol. The smallest absolute Gasteiger partial charge is 0.0235 e. The molecule has 3 aliphatic rings. The first-order chi connectivity index (χ1) is 10.2. The van der Waals surface area contributed by atoms with Crippen molar-refractivity contribution in [1.29, 1.82) is 0 Å². The average Bonchev–Trinajstić information content (AvgIpc) is 3.12. The minimum atomic E-state index is 0.731. The van der Waals surface area contributed by atoms with E-state index < -0.39 is 0 Å². The van der Waals surface area contributed by atoms with Crippen LogP contribution in [0.25, 0.3) is 0 Å². The standard InChI is InChI=1S/C18H35N3/c1-14-10-15(2)17(18(11-14)19-3)13-20-9-6-16(12-20)21-7-4-5-8-21/h14-19H,4-13H2,1-3H3. The molecular weight excluding hydrogens is 258 g/mol. The van der Waals surface area contributed by atoms with Crippen LogP contribution in [-0.4, -0.2) is 61.7 Å². The molecule has 3 nitrogen and oxygen atoms in total. The molecule has 5 unspecified atom stereocenters. The second-order valence-corrected chi connectivity index (χ2v) is 8.06. The van der Waals surface area contributed by atoms with Crippen molar-refractivity contribution in [2.45, 2.75) is 58.0 Å². The van der Waals surface area contributed by atoms with Gasteiger partial charge in [-0.15, -0.1) is 0 Å². The van der Waals surface area contributed by atoms with Gasteiger partial charge >= 0.3 is 0 Å². The Morgan fingerprint density at radius 3 is 2.52 bits per heavy atom. The third kappa shape index (κ3) is 3.62. The maximum atomic E-state index is 3.62. The lowest BCUT2D eigenvalue weighted by atomic mass is 9.72. The van der Waals surface area contributed by atoms with E-state index in [-0.39, 0.29) is 0 Å². The minimum absolute atomic E-state index is 0.731. The van der Waals surface area contributed by atoms with Crippen molar-refractivity contribution in [3.05, 3.63) is 0 Å². The van der Waals surface area contributed by atoms with Gasteiger partial charge in [0.05, 0.1) is 0 Å². The molecule has 2 aliphatic heterocycles. The molecule has 1 N–H and O–H groups in total. The van der Waals surface area contributed by atoms with Gasteiger partial charge in [0.25, 0.3) is 0 Å². The zero-order valence-corrected chi connectivity index (χ0v) is 14.4. The highest BCUT2D eigenvalue weighted by Crippen LogP contribution is 2.35. The Balaban J connectivity index is 1.53. The van der Waals surface area contributed by atoms with Gasteiger partial charge in [-0.1, -0.05) is 13.8 Å². The molecule has 0 aromatic carbocycles. The summed E-state index contributed by atoms with van der Waals surface area (Å²) in [6.07, 6.45) is 7.05. The molecule has 3 heteroatoms. The molecular formula is C18H35N3. The van der Waals surface area contributed by atoms with Gasteiger partial charge in [-0.3, -0.25) is 4.90 Å². The van der Waals surface area contributed by atoms with Crippen molar-refractivity contribution in [2.75, 3.05) is 39.8 Å². The summed E-state index contributed by atoms with van der Waals surface area (Å²) < 4.78 is 0. The normalized spacial score (nSPS) is 42.7. The van der Waals surface area contributed by atoms with Crippen LogP contribution in [0.1, 0.15) is 46.0 Å². The zero-order chi connectivity index (χ0) is 14.8. The van der Waals surface area contributed by atoms with E-state index in [0.717, 1.165) is 29.8 Å². The summed E-state index contributed by atoms with van der Waals surface area (Å²) in [5.74, 6) is 2.62. The lowest BCUT2D eigenvalue weighted by molar-refractivity contribution is 0.110. The van der Waals surface area contributed by atoms with E-state index in [2.05, 4.69) is 36.0 Å². The van der Waals surface area contributed by atoms with Crippen molar-refractivity contribution in [1.82, 2.24) is 15.1 Å². The Hall–Kier alpha value is -0.120. The maximum Gasteiger partial charge on any atom is 0.0235 e. The van der Waals surface area contributed by atoms with Crippen molar-refractivity contribution < 1.29 is 0 Å². The lowest BCUT2D eigenvalue weighted by Crippen LogP contribution is -2.48. The highest BCUT2D eigenvalue weighted by atomic mass is 15.3. The van der Waals surface area contributed by atoms with E-state index in [1.165, 1.54) is 64.8 Å². The Labute approximate surface area is 131 Å². The summed E-state index contributed by atoms with van der Waals surface area (Å²) in [4.78, 5) is 5.52. The molecule has 5 atom stereocenters. The van der Waals surface area contributed by atoms with Gasteiger partial charge in [-0.2, -0.15) is 0 Å². The number of likely N-dealkylation sites (tertiary alicyclic amines) is 2. The SMILES string of the molecule is CNC1CC(C)CC(C)C1CN1CCC(N2CCCC2)C1. The fourth-order valence-electron chi connectivity index (χ4n) is 5.23. The third-order valence-electron chi connectivity index (χ3n) is 6.42. The fraction of sp³-hybridized carbons (Fsp3) is 1.00. The number of hydrogen-bond donors (Lipinski definition) is 1. The monoisotopic (exact) mass is 293 g/mol. The van der Waals surface area contributed by atoms with Gasteiger partial charge in [0.15, 0.2) is 0 Å². The zero-order valence-electron chi connectivity index (χ0n) is 14.4. The molecule has 122 valence electrons. The molecule has 2 heterocycles. The Morgan fingerprint density at radius 2 is 1.81 bits per heavy atom. The molecule has 0 radical (unpaired) electrons. The first-order valence-electron chi connectivity index (χ1n) is 9.31. The second kappa shape index (κ2) is 6.97. The van der Waals surface area contributed by atoms with E-state index in [9.17, 15) is 0 Å². The van der Waals surface area contributed by atoms with E-state index in [0.29, 0.717) is 0 Å². The van der Waals surface area contributed by atoms with Crippen LogP contribution in [0.2, 0.25) is 0 Å². The van der Waals surface area contributed by atoms with Crippen LogP contribution in [0, 0.1) is 17.8 Å². The predicted octanol–water partition coefficient (Wildman–Crippen LogP) is 2.43. The van der Waals surface area contributed by atoms with Crippen LogP contribution >= 0.6 is 0 Å². The van der Waals surface area contributed by atoms with Gasteiger partial charge < -0.3 is 10.2 Å². The Bertz CT molecular complexity index is 326. The molecule has 21 heavy (non-hydrogen) atoms. The minimum Gasteiger partial charge on any atom is -0.317 e. The van der Waals surface area contributed by atoms with E-state index in [1.807, 2.05) is 0 Å². The molecule has 0 aromatic heterocycles. The Morgan fingerprint density at radius 1 is 1.05 bits per heavy atom. The lowest BCUT2D eigenvalue weighted by Gasteiger charge is -2.41. The van der Waals surface area contributed by atoms with Gasteiger partial charge in [-0.25, -0.2) is 0 Å². The summed E-state index contributed by atoms with van der Waals surface area (Å²) in [7, 11) is 2.17. The summed E-state index contributed by atoms with van der Waals surface area (Å²) in [6.45, 7) is 11.6. The van der Waals surface area contributed by atoms with Crippen LogP contribution in [-0.2, 0) is 0 Å². The highest BCUT2D eigenvalue weighted by molar-refractivity contribution is 4.92. The van der Waals surface area contributed by atoms with Gasteiger partial charge in [-0.05, 0) is 76.5 Å². The number of nitrogens with one attached hydrogen (secondary N) is 1. The first-order valence-corrected chi connectivity index (χ1v) is 9.31. The molecule has 1 aliphatic carbocycles. The van der Waals surface area contributed by atoms with Gasteiger partial charge in [0.2, 0.25) is 0 Å². The molecule has 0 bridgehead atoms. The van der Waals surface area contributed by atoms with Gasteiger partial charge in [0, 0.05) is 25.2 Å². The molecule has 3 fully saturated rings. The van der Waals surface area contributed by atoms with E-state index >= 15 is 0 Å². The largest absolute Gasteiger partial charge is 0.317 e. The van der Waals surface area contributed by atoms with Crippen LogP contribution in [0.5, 0.6) is 0 Å². The summed E-state index contributed by atoms with van der Waals surface area (Å²) in [5.41, 5.74) is 0. The molecule has 0 amide bonds. The van der Waals surface area contributed by atoms with Gasteiger partial charge in [0.1, 0.15) is 0 Å². The van der Waals surface area contributed by atoms with Crippen LogP contribution in [0.3, 0.4) is 0 Å². The summed E-state index contributed by atoms with van der Waals surface area (Å²) >= 11 is 0. The maximum absolute atomic E-state index is 3.62. The van der Waals surface area contributed by atoms with E-state index in [4.69, 9.17) is 0 Å². The highest BCUT2D eigenvalue weighted by Gasteiger charge is 2.36. The average molecular weight is 293 g/mol. The molecule has 0 aromatic rings. The third-order valence-corrected chi connectivity index (χ3v) is 6.42. The number of hydrogen-bond acceptors (Lipinski definition) is 3. The summed E-state index contributed by atoms with van der Waals surface area (Å²) in [5, 5.41) is 3.62. The quantitative estimate of drug-likeness (QED) is 0.859.